The quantitative estimate of drug-likeness (QED) is 0.872. The Balaban J connectivity index is 2.00. The second kappa shape index (κ2) is 6.60. The number of hydrogen-bond acceptors (Lipinski definition) is 3. The third-order valence-corrected chi connectivity index (χ3v) is 4.52. The van der Waals surface area contributed by atoms with E-state index in [1.165, 1.54) is 12.8 Å². The van der Waals surface area contributed by atoms with E-state index in [9.17, 15) is 4.79 Å². The Hall–Kier alpha value is -1.36. The van der Waals surface area contributed by atoms with Crippen molar-refractivity contribution >= 4 is 5.91 Å². The van der Waals surface area contributed by atoms with Gasteiger partial charge in [0.25, 0.3) is 5.91 Å². The van der Waals surface area contributed by atoms with Crippen molar-refractivity contribution in [1.29, 1.82) is 0 Å². The fraction of sp³-hybridized carbons (Fsp3) is 0.750. The second-order valence-electron chi connectivity index (χ2n) is 6.50. The van der Waals surface area contributed by atoms with Crippen molar-refractivity contribution in [2.24, 2.45) is 5.41 Å². The Morgan fingerprint density at radius 3 is 2.90 bits per heavy atom. The monoisotopic (exact) mass is 292 g/mol. The predicted octanol–water partition coefficient (Wildman–Crippen LogP) is 1.97. The van der Waals surface area contributed by atoms with Crippen LogP contribution < -0.4 is 10.6 Å². The fourth-order valence-corrected chi connectivity index (χ4v) is 2.97. The van der Waals surface area contributed by atoms with Crippen molar-refractivity contribution in [3.8, 4) is 0 Å². The van der Waals surface area contributed by atoms with Gasteiger partial charge in [-0.2, -0.15) is 5.10 Å². The Labute approximate surface area is 127 Å². The van der Waals surface area contributed by atoms with E-state index in [0.717, 1.165) is 25.2 Å². The van der Waals surface area contributed by atoms with Crippen LogP contribution >= 0.6 is 0 Å². The van der Waals surface area contributed by atoms with Crippen LogP contribution in [0.3, 0.4) is 0 Å². The number of rotatable bonds is 5. The topological polar surface area (TPSA) is 59.0 Å². The van der Waals surface area contributed by atoms with Crippen LogP contribution in [0, 0.1) is 5.41 Å². The molecule has 2 rings (SSSR count). The third-order valence-electron chi connectivity index (χ3n) is 4.52. The van der Waals surface area contributed by atoms with E-state index in [2.05, 4.69) is 36.5 Å². The molecule has 1 aliphatic rings. The first kappa shape index (κ1) is 16.0. The summed E-state index contributed by atoms with van der Waals surface area (Å²) in [5, 5.41) is 11.0. The van der Waals surface area contributed by atoms with E-state index in [1.54, 1.807) is 4.68 Å². The van der Waals surface area contributed by atoms with E-state index in [-0.39, 0.29) is 11.3 Å². The molecule has 1 saturated heterocycles. The molecule has 1 aliphatic heterocycles. The summed E-state index contributed by atoms with van der Waals surface area (Å²) in [7, 11) is 0. The van der Waals surface area contributed by atoms with Crippen LogP contribution in [0.5, 0.6) is 0 Å². The van der Waals surface area contributed by atoms with Gasteiger partial charge in [0, 0.05) is 19.1 Å². The van der Waals surface area contributed by atoms with E-state index in [0.29, 0.717) is 18.3 Å². The molecule has 1 aromatic heterocycles. The molecular weight excluding hydrogens is 264 g/mol. The molecule has 118 valence electrons. The smallest absolute Gasteiger partial charge is 0.269 e. The van der Waals surface area contributed by atoms with Gasteiger partial charge < -0.3 is 10.6 Å². The van der Waals surface area contributed by atoms with Gasteiger partial charge in [-0.3, -0.25) is 9.48 Å². The molecule has 1 fully saturated rings. The molecule has 0 radical (unpaired) electrons. The first-order chi connectivity index (χ1) is 9.97. The lowest BCUT2D eigenvalue weighted by Crippen LogP contribution is -2.52. The minimum atomic E-state index is -0.0211. The summed E-state index contributed by atoms with van der Waals surface area (Å²) in [5.41, 5.74) is 1.87. The van der Waals surface area contributed by atoms with Crippen molar-refractivity contribution < 1.29 is 4.79 Å². The summed E-state index contributed by atoms with van der Waals surface area (Å²) >= 11 is 0. The van der Waals surface area contributed by atoms with Crippen molar-refractivity contribution in [3.05, 3.63) is 17.5 Å². The van der Waals surface area contributed by atoms with Gasteiger partial charge in [0.15, 0.2) is 0 Å². The van der Waals surface area contributed by atoms with Crippen molar-refractivity contribution in [2.45, 2.75) is 59.5 Å². The Bertz CT molecular complexity index is 492. The average Bonchev–Trinajstić information content (AvgIpc) is 2.89. The maximum Gasteiger partial charge on any atom is 0.269 e. The summed E-state index contributed by atoms with van der Waals surface area (Å²) in [6, 6.07) is 2.23. The largest absolute Gasteiger partial charge is 0.349 e. The van der Waals surface area contributed by atoms with Gasteiger partial charge >= 0.3 is 0 Å². The lowest BCUT2D eigenvalue weighted by Gasteiger charge is -2.39. The molecule has 21 heavy (non-hydrogen) atoms. The summed E-state index contributed by atoms with van der Waals surface area (Å²) in [4.78, 5) is 12.4. The molecule has 2 N–H and O–H groups in total. The van der Waals surface area contributed by atoms with E-state index < -0.39 is 0 Å². The van der Waals surface area contributed by atoms with Crippen LogP contribution in [-0.2, 0) is 13.0 Å². The molecule has 0 saturated carbocycles. The zero-order valence-corrected chi connectivity index (χ0v) is 13.7. The summed E-state index contributed by atoms with van der Waals surface area (Å²) in [6.45, 7) is 11.0. The molecular formula is C16H28N4O. The van der Waals surface area contributed by atoms with Gasteiger partial charge in [-0.05, 0) is 44.2 Å². The Morgan fingerprint density at radius 1 is 1.52 bits per heavy atom. The van der Waals surface area contributed by atoms with Crippen molar-refractivity contribution in [1.82, 2.24) is 20.4 Å². The highest BCUT2D eigenvalue weighted by Crippen LogP contribution is 2.29. The first-order valence-electron chi connectivity index (χ1n) is 8.06. The highest BCUT2D eigenvalue weighted by molar-refractivity contribution is 5.92. The summed E-state index contributed by atoms with van der Waals surface area (Å²) in [6.07, 6.45) is 3.26. The van der Waals surface area contributed by atoms with Gasteiger partial charge in [-0.25, -0.2) is 0 Å². The molecule has 2 heterocycles. The zero-order valence-electron chi connectivity index (χ0n) is 13.7. The molecule has 0 spiro atoms. The molecule has 5 nitrogen and oxygen atoms in total. The number of carbonyl (C=O) groups is 1. The van der Waals surface area contributed by atoms with Crippen molar-refractivity contribution in [2.75, 3.05) is 13.1 Å². The van der Waals surface area contributed by atoms with Gasteiger partial charge in [0.05, 0.1) is 5.69 Å². The Kier molecular flexibility index (Phi) is 5.04. The minimum Gasteiger partial charge on any atom is -0.349 e. The van der Waals surface area contributed by atoms with Crippen LogP contribution in [0.1, 0.15) is 56.7 Å². The number of nitrogens with zero attached hydrogens (tertiary/aromatic N) is 2. The second-order valence-corrected chi connectivity index (χ2v) is 6.50. The third kappa shape index (κ3) is 3.64. The van der Waals surface area contributed by atoms with Crippen LogP contribution in [0.2, 0.25) is 0 Å². The molecule has 0 aromatic carbocycles. The van der Waals surface area contributed by atoms with E-state index >= 15 is 0 Å². The summed E-state index contributed by atoms with van der Waals surface area (Å²) < 4.78 is 1.79. The predicted molar refractivity (Wildman–Crippen MR) is 84.4 cm³/mol. The molecule has 5 heteroatoms. The van der Waals surface area contributed by atoms with Gasteiger partial charge in [0.2, 0.25) is 0 Å². The van der Waals surface area contributed by atoms with Gasteiger partial charge in [-0.1, -0.05) is 20.8 Å². The lowest BCUT2D eigenvalue weighted by atomic mass is 9.77. The number of amides is 1. The minimum absolute atomic E-state index is 0.0211. The number of nitrogens with one attached hydrogen (secondary N) is 2. The zero-order chi connectivity index (χ0) is 15.5. The molecule has 1 unspecified atom stereocenters. The number of aromatic nitrogens is 2. The fourth-order valence-electron chi connectivity index (χ4n) is 2.97. The molecule has 1 amide bonds. The number of carbonyl (C=O) groups excluding carboxylic acids is 1. The van der Waals surface area contributed by atoms with E-state index in [4.69, 9.17) is 0 Å². The van der Waals surface area contributed by atoms with Crippen LogP contribution in [0.25, 0.3) is 0 Å². The highest BCUT2D eigenvalue weighted by Gasteiger charge is 2.32. The number of aryl methyl sites for hydroxylation is 2. The van der Waals surface area contributed by atoms with E-state index in [1.807, 2.05) is 13.0 Å². The SMILES string of the molecule is CCc1cc(C(=O)NCC2NCCCC2(C)C)n(CC)n1. The number of hydrogen-bond donors (Lipinski definition) is 2. The summed E-state index contributed by atoms with van der Waals surface area (Å²) in [5.74, 6) is -0.0211. The van der Waals surface area contributed by atoms with Gasteiger partial charge in [0.1, 0.15) is 5.69 Å². The van der Waals surface area contributed by atoms with Gasteiger partial charge in [-0.15, -0.1) is 0 Å². The maximum atomic E-state index is 12.4. The molecule has 0 aliphatic carbocycles. The number of piperidine rings is 1. The van der Waals surface area contributed by atoms with Crippen LogP contribution in [-0.4, -0.2) is 34.8 Å². The standard InChI is InChI=1S/C16H28N4O/c1-5-12-10-13(20(6-2)19-12)15(21)18-11-14-16(3,4)8-7-9-17-14/h10,14,17H,5-9,11H2,1-4H3,(H,18,21). The average molecular weight is 292 g/mol. The van der Waals surface area contributed by atoms with Crippen LogP contribution in [0.15, 0.2) is 6.07 Å². The molecule has 1 atom stereocenters. The highest BCUT2D eigenvalue weighted by atomic mass is 16.2. The Morgan fingerprint density at radius 2 is 2.29 bits per heavy atom. The molecule has 1 aromatic rings. The maximum absolute atomic E-state index is 12.4. The molecule has 0 bridgehead atoms. The lowest BCUT2D eigenvalue weighted by molar-refractivity contribution is 0.0918. The normalized spacial score (nSPS) is 21.2. The van der Waals surface area contributed by atoms with Crippen molar-refractivity contribution in [3.63, 3.8) is 0 Å². The first-order valence-corrected chi connectivity index (χ1v) is 8.06. The van der Waals surface area contributed by atoms with Crippen LogP contribution in [0.4, 0.5) is 0 Å².